The van der Waals surface area contributed by atoms with Gasteiger partial charge in [-0.05, 0) is 38.0 Å². The first-order valence-corrected chi connectivity index (χ1v) is 11.5. The molecule has 2 heterocycles. The van der Waals surface area contributed by atoms with E-state index in [1.165, 1.54) is 33.9 Å². The molecule has 2 aromatic carbocycles. The minimum atomic E-state index is -0.0653. The fourth-order valence-corrected chi connectivity index (χ4v) is 5.27. The smallest absolute Gasteiger partial charge is 0.209 e. The lowest BCUT2D eigenvalue weighted by Crippen LogP contribution is -3.00. The molecule has 3 nitrogen and oxygen atoms in total. The fourth-order valence-electron chi connectivity index (χ4n) is 5.27. The molecule has 4 rings (SSSR count). The van der Waals surface area contributed by atoms with Crippen molar-refractivity contribution in [3.63, 3.8) is 0 Å². The maximum Gasteiger partial charge on any atom is 0.209 e. The van der Waals surface area contributed by atoms with Crippen LogP contribution in [0.2, 0.25) is 0 Å². The van der Waals surface area contributed by atoms with Crippen LogP contribution in [0.1, 0.15) is 45.2 Å². The number of anilines is 1. The summed E-state index contributed by atoms with van der Waals surface area (Å²) < 4.78 is 2.30. The van der Waals surface area contributed by atoms with E-state index in [0.29, 0.717) is 0 Å². The van der Waals surface area contributed by atoms with Crippen molar-refractivity contribution in [3.05, 3.63) is 95.7 Å². The molecule has 0 unspecified atom stereocenters. The van der Waals surface area contributed by atoms with E-state index in [1.807, 2.05) is 0 Å². The van der Waals surface area contributed by atoms with Crippen LogP contribution in [0.3, 0.4) is 0 Å². The lowest BCUT2D eigenvalue weighted by molar-refractivity contribution is -0.401. The quantitative estimate of drug-likeness (QED) is 0.527. The van der Waals surface area contributed by atoms with Crippen molar-refractivity contribution in [3.8, 4) is 0 Å². The van der Waals surface area contributed by atoms with Crippen molar-refractivity contribution in [1.82, 2.24) is 0 Å². The summed E-state index contributed by atoms with van der Waals surface area (Å²) in [5.41, 5.74) is 7.75. The van der Waals surface area contributed by atoms with Crippen molar-refractivity contribution in [2.45, 2.75) is 44.9 Å². The van der Waals surface area contributed by atoms with Crippen molar-refractivity contribution >= 4 is 17.1 Å². The zero-order chi connectivity index (χ0) is 22.9. The molecule has 174 valence electrons. The molecule has 1 N–H and O–H groups in total. The lowest BCUT2D eigenvalue weighted by Gasteiger charge is -2.26. The molecule has 0 radical (unpaired) electrons. The molecule has 0 amide bonds. The Labute approximate surface area is 204 Å². The highest BCUT2D eigenvalue weighted by molar-refractivity contribution is 6.03. The molecule has 4 heteroatoms. The minimum Gasteiger partial charge on any atom is -1.00 e. The molecule has 2 aromatic rings. The van der Waals surface area contributed by atoms with Crippen LogP contribution in [0.4, 0.5) is 11.4 Å². The Morgan fingerprint density at radius 1 is 0.879 bits per heavy atom. The Balaban J connectivity index is 0.00000306. The van der Waals surface area contributed by atoms with Crippen LogP contribution in [-0.4, -0.2) is 35.6 Å². The Morgan fingerprint density at radius 2 is 1.55 bits per heavy atom. The zero-order valence-corrected chi connectivity index (χ0v) is 21.1. The predicted molar refractivity (Wildman–Crippen MR) is 135 cm³/mol. The average Bonchev–Trinajstić information content (AvgIpc) is 3.11. The molecule has 2 aliphatic heterocycles. The Morgan fingerprint density at radius 3 is 2.24 bits per heavy atom. The van der Waals surface area contributed by atoms with Gasteiger partial charge in [-0.2, -0.15) is 4.58 Å². The summed E-state index contributed by atoms with van der Waals surface area (Å²) >= 11 is 0. The molecule has 0 aliphatic carbocycles. The Kier molecular flexibility index (Phi) is 7.36. The summed E-state index contributed by atoms with van der Waals surface area (Å²) in [4.78, 5) is 2.36. The topological polar surface area (TPSA) is 26.5 Å². The summed E-state index contributed by atoms with van der Waals surface area (Å²) in [6.45, 7) is 10.2. The monoisotopic (exact) mass is 462 g/mol. The number of rotatable bonds is 6. The highest BCUT2D eigenvalue weighted by Gasteiger charge is 2.42. The molecule has 2 aliphatic rings. The molecule has 33 heavy (non-hydrogen) atoms. The number of hydrogen-bond donors (Lipinski definition) is 1. The summed E-state index contributed by atoms with van der Waals surface area (Å²) in [6, 6.07) is 17.3. The van der Waals surface area contributed by atoms with Gasteiger partial charge in [0.05, 0.1) is 5.41 Å². The first-order valence-electron chi connectivity index (χ1n) is 11.5. The van der Waals surface area contributed by atoms with E-state index in [2.05, 4.69) is 123 Å². The zero-order valence-electron chi connectivity index (χ0n) is 20.3. The second-order valence-corrected chi connectivity index (χ2v) is 9.75. The van der Waals surface area contributed by atoms with Crippen LogP contribution in [0.25, 0.3) is 0 Å². The number of allylic oxidation sites excluding steroid dienone is 6. The molecule has 0 saturated heterocycles. The number of fused-ring (bicyclic) bond motifs is 2. The third-order valence-electron chi connectivity index (χ3n) is 7.01. The first-order chi connectivity index (χ1) is 15.3. The molecular formula is C29H35ClN2O. The van der Waals surface area contributed by atoms with E-state index in [-0.39, 0.29) is 29.8 Å². The summed E-state index contributed by atoms with van der Waals surface area (Å²) in [5, 5.41) is 9.39. The van der Waals surface area contributed by atoms with E-state index in [1.54, 1.807) is 0 Å². The molecule has 0 saturated carbocycles. The second kappa shape index (κ2) is 9.70. The highest BCUT2D eigenvalue weighted by atomic mass is 35.5. The largest absolute Gasteiger partial charge is 1.00 e. The van der Waals surface area contributed by atoms with Crippen LogP contribution in [0, 0.1) is 0 Å². The molecule has 0 fully saturated rings. The third kappa shape index (κ3) is 4.32. The average molecular weight is 463 g/mol. The van der Waals surface area contributed by atoms with Crippen LogP contribution >= 0.6 is 0 Å². The molecule has 0 atom stereocenters. The van der Waals surface area contributed by atoms with E-state index < -0.39 is 0 Å². The predicted octanol–water partition coefficient (Wildman–Crippen LogP) is 2.87. The van der Waals surface area contributed by atoms with Crippen LogP contribution in [0.5, 0.6) is 0 Å². The van der Waals surface area contributed by atoms with E-state index in [9.17, 15) is 5.11 Å². The second-order valence-electron chi connectivity index (χ2n) is 9.75. The van der Waals surface area contributed by atoms with Crippen LogP contribution in [0.15, 0.2) is 84.6 Å². The number of hydrogen-bond acceptors (Lipinski definition) is 2. The first kappa shape index (κ1) is 25.0. The SMILES string of the molecule is C[N+]1=C(/C=C/C=C/C=C2/N(CCCO)c3ccccc3C2(C)C)C(C)(C)c2ccccc21.[Cl-]. The maximum atomic E-state index is 9.39. The van der Waals surface area contributed by atoms with Gasteiger partial charge in [0.15, 0.2) is 5.71 Å². The molecule has 0 bridgehead atoms. The van der Waals surface area contributed by atoms with Crippen molar-refractivity contribution in [2.24, 2.45) is 0 Å². The number of aliphatic hydroxyl groups is 1. The normalized spacial score (nSPS) is 19.5. The standard InChI is InChI=1S/C29H35N2O.ClH/c1-28(2)22-14-9-11-16-24(22)30(5)26(28)18-7-6-8-19-27-29(3,4)23-15-10-12-17-25(23)31(27)20-13-21-32;/h6-12,14-19,32H,13,20-21H2,1-5H3;1H/q+1;/p-1. The maximum absolute atomic E-state index is 9.39. The van der Waals surface area contributed by atoms with Gasteiger partial charge in [-0.3, -0.25) is 0 Å². The van der Waals surface area contributed by atoms with Gasteiger partial charge in [0.1, 0.15) is 7.05 Å². The van der Waals surface area contributed by atoms with E-state index >= 15 is 0 Å². The van der Waals surface area contributed by atoms with Gasteiger partial charge in [0.25, 0.3) is 0 Å². The van der Waals surface area contributed by atoms with Gasteiger partial charge in [-0.1, -0.05) is 68.5 Å². The number of nitrogens with zero attached hydrogens (tertiary/aromatic N) is 2. The summed E-state index contributed by atoms with van der Waals surface area (Å²) in [5.74, 6) is 0. The van der Waals surface area contributed by atoms with Gasteiger partial charge in [0, 0.05) is 47.7 Å². The van der Waals surface area contributed by atoms with E-state index in [4.69, 9.17) is 0 Å². The molecule has 0 aromatic heterocycles. The Hall–Kier alpha value is -2.62. The van der Waals surface area contributed by atoms with Crippen molar-refractivity contribution < 1.29 is 22.1 Å². The number of halogens is 1. The fraction of sp³-hybridized carbons (Fsp3) is 0.345. The highest BCUT2D eigenvalue weighted by Crippen LogP contribution is 2.47. The van der Waals surface area contributed by atoms with Gasteiger partial charge in [0.2, 0.25) is 5.69 Å². The minimum absolute atomic E-state index is 0. The van der Waals surface area contributed by atoms with Crippen molar-refractivity contribution in [1.29, 1.82) is 0 Å². The molecular weight excluding hydrogens is 428 g/mol. The van der Waals surface area contributed by atoms with E-state index in [0.717, 1.165) is 13.0 Å². The lowest BCUT2D eigenvalue weighted by atomic mass is 9.81. The van der Waals surface area contributed by atoms with Gasteiger partial charge in [-0.15, -0.1) is 0 Å². The number of para-hydroxylation sites is 2. The molecule has 0 spiro atoms. The van der Waals surface area contributed by atoms with Crippen LogP contribution < -0.4 is 17.3 Å². The Bertz CT molecular complexity index is 1140. The van der Waals surface area contributed by atoms with Gasteiger partial charge >= 0.3 is 0 Å². The van der Waals surface area contributed by atoms with Gasteiger partial charge < -0.3 is 22.4 Å². The summed E-state index contributed by atoms with van der Waals surface area (Å²) in [7, 11) is 2.15. The van der Waals surface area contributed by atoms with Gasteiger partial charge in [-0.25, -0.2) is 0 Å². The number of benzene rings is 2. The van der Waals surface area contributed by atoms with Crippen molar-refractivity contribution in [2.75, 3.05) is 25.1 Å². The van der Waals surface area contributed by atoms with Crippen LogP contribution in [-0.2, 0) is 10.8 Å². The number of aliphatic hydroxyl groups excluding tert-OH is 1. The third-order valence-corrected chi connectivity index (χ3v) is 7.01. The summed E-state index contributed by atoms with van der Waals surface area (Å²) in [6.07, 6.45) is 11.6.